The van der Waals surface area contributed by atoms with Gasteiger partial charge in [-0.1, -0.05) is 38.1 Å². The van der Waals surface area contributed by atoms with Gasteiger partial charge in [0.2, 0.25) is 0 Å². The summed E-state index contributed by atoms with van der Waals surface area (Å²) >= 11 is 0. The molecule has 2 nitrogen and oxygen atoms in total. The third-order valence-electron chi connectivity index (χ3n) is 2.24. The second-order valence-electron chi connectivity index (χ2n) is 4.07. The molecule has 0 amide bonds. The largest absolute Gasteiger partial charge is 0.240 e. The van der Waals surface area contributed by atoms with Crippen molar-refractivity contribution in [2.24, 2.45) is 10.3 Å². The standard InChI is InChI=1S/C13H19NOS/c1-12(2)8-7-11-16(15,14-3)13-9-5-4-6-10-13/h4-7,9-12H,8H2,1-3H3/b11-7+/t16-/m1/s1. The Labute approximate surface area is 98.6 Å². The van der Waals surface area contributed by atoms with Gasteiger partial charge in [-0.3, -0.25) is 0 Å². The highest BCUT2D eigenvalue weighted by atomic mass is 32.2. The molecule has 88 valence electrons. The molecular formula is C13H19NOS. The van der Waals surface area contributed by atoms with Gasteiger partial charge in [-0.05, 0) is 24.5 Å². The molecule has 0 aliphatic heterocycles. The summed E-state index contributed by atoms with van der Waals surface area (Å²) in [7, 11) is -0.751. The minimum atomic E-state index is -2.36. The molecule has 0 fully saturated rings. The van der Waals surface area contributed by atoms with E-state index in [-0.39, 0.29) is 0 Å². The minimum Gasteiger partial charge on any atom is -0.240 e. The molecule has 0 saturated heterocycles. The summed E-state index contributed by atoms with van der Waals surface area (Å²) in [4.78, 5) is 0.775. The number of hydrogen-bond acceptors (Lipinski definition) is 2. The molecule has 1 aromatic carbocycles. The van der Waals surface area contributed by atoms with Gasteiger partial charge < -0.3 is 0 Å². The van der Waals surface area contributed by atoms with Crippen LogP contribution in [-0.4, -0.2) is 11.3 Å². The highest BCUT2D eigenvalue weighted by Crippen LogP contribution is 2.15. The van der Waals surface area contributed by atoms with Gasteiger partial charge in [-0.25, -0.2) is 8.57 Å². The first-order valence-electron chi connectivity index (χ1n) is 5.45. The fourth-order valence-electron chi connectivity index (χ4n) is 1.32. The van der Waals surface area contributed by atoms with Crippen LogP contribution in [0.5, 0.6) is 0 Å². The summed E-state index contributed by atoms with van der Waals surface area (Å²) in [5, 5.41) is 1.74. The Hall–Kier alpha value is -1.09. The molecule has 1 atom stereocenters. The van der Waals surface area contributed by atoms with Crippen molar-refractivity contribution in [3.63, 3.8) is 0 Å². The predicted molar refractivity (Wildman–Crippen MR) is 69.8 cm³/mol. The van der Waals surface area contributed by atoms with Crippen LogP contribution in [0.25, 0.3) is 0 Å². The van der Waals surface area contributed by atoms with Crippen molar-refractivity contribution in [2.75, 3.05) is 7.05 Å². The van der Waals surface area contributed by atoms with Crippen LogP contribution in [0.4, 0.5) is 0 Å². The lowest BCUT2D eigenvalue weighted by Gasteiger charge is -2.04. The van der Waals surface area contributed by atoms with Crippen LogP contribution in [0.1, 0.15) is 20.3 Å². The van der Waals surface area contributed by atoms with E-state index in [2.05, 4.69) is 18.2 Å². The number of benzene rings is 1. The Balaban J connectivity index is 2.98. The lowest BCUT2D eigenvalue weighted by atomic mass is 10.1. The predicted octanol–water partition coefficient (Wildman–Crippen LogP) is 3.70. The number of hydrogen-bond donors (Lipinski definition) is 0. The molecule has 0 unspecified atom stereocenters. The topological polar surface area (TPSA) is 29.4 Å². The lowest BCUT2D eigenvalue weighted by molar-refractivity contribution is 0.663. The van der Waals surface area contributed by atoms with E-state index in [1.165, 1.54) is 0 Å². The first-order valence-corrected chi connectivity index (χ1v) is 7.03. The number of allylic oxidation sites excluding steroid dienone is 1. The quantitative estimate of drug-likeness (QED) is 0.785. The van der Waals surface area contributed by atoms with Crippen LogP contribution >= 0.6 is 0 Å². The van der Waals surface area contributed by atoms with E-state index in [4.69, 9.17) is 0 Å². The van der Waals surface area contributed by atoms with E-state index in [0.29, 0.717) is 5.92 Å². The fraction of sp³-hybridized carbons (Fsp3) is 0.385. The van der Waals surface area contributed by atoms with Crippen molar-refractivity contribution in [3.8, 4) is 0 Å². The molecule has 1 rings (SSSR count). The van der Waals surface area contributed by atoms with E-state index >= 15 is 0 Å². The van der Waals surface area contributed by atoms with Gasteiger partial charge in [0.15, 0.2) is 0 Å². The first-order chi connectivity index (χ1) is 7.58. The first kappa shape index (κ1) is 13.0. The number of rotatable bonds is 4. The maximum absolute atomic E-state index is 12.5. The van der Waals surface area contributed by atoms with Crippen molar-refractivity contribution in [1.29, 1.82) is 0 Å². The van der Waals surface area contributed by atoms with E-state index in [0.717, 1.165) is 11.3 Å². The van der Waals surface area contributed by atoms with Crippen molar-refractivity contribution >= 4 is 9.73 Å². The monoisotopic (exact) mass is 237 g/mol. The summed E-state index contributed by atoms with van der Waals surface area (Å²) in [6, 6.07) is 9.40. The normalized spacial score (nSPS) is 15.2. The van der Waals surface area contributed by atoms with Gasteiger partial charge in [0.05, 0.1) is 14.6 Å². The molecule has 0 aliphatic rings. The van der Waals surface area contributed by atoms with Gasteiger partial charge >= 0.3 is 0 Å². The van der Waals surface area contributed by atoms with E-state index < -0.39 is 9.73 Å². The average molecular weight is 237 g/mol. The maximum Gasteiger partial charge on any atom is 0.0963 e. The minimum absolute atomic E-state index is 0.576. The number of nitrogens with zero attached hydrogens (tertiary/aromatic N) is 1. The van der Waals surface area contributed by atoms with Crippen molar-refractivity contribution in [3.05, 3.63) is 41.8 Å². The maximum atomic E-state index is 12.5. The molecule has 0 saturated carbocycles. The molecule has 0 aromatic heterocycles. The summed E-state index contributed by atoms with van der Waals surface area (Å²) in [6.07, 6.45) is 2.90. The molecule has 16 heavy (non-hydrogen) atoms. The Bertz CT molecular complexity index is 454. The molecule has 0 bridgehead atoms. The van der Waals surface area contributed by atoms with E-state index in [9.17, 15) is 4.21 Å². The zero-order chi connectivity index (χ0) is 12.0. The van der Waals surface area contributed by atoms with Crippen molar-refractivity contribution in [1.82, 2.24) is 0 Å². The van der Waals surface area contributed by atoms with Crippen molar-refractivity contribution < 1.29 is 4.21 Å². The molecule has 0 N–H and O–H groups in total. The second-order valence-corrected chi connectivity index (χ2v) is 6.31. The van der Waals surface area contributed by atoms with Crippen molar-refractivity contribution in [2.45, 2.75) is 25.2 Å². The van der Waals surface area contributed by atoms with Gasteiger partial charge in [0.25, 0.3) is 0 Å². The summed E-state index contributed by atoms with van der Waals surface area (Å²) in [6.45, 7) is 4.27. The van der Waals surface area contributed by atoms with Crippen LogP contribution < -0.4 is 0 Å². The molecular weight excluding hydrogens is 218 g/mol. The van der Waals surface area contributed by atoms with Crippen LogP contribution in [0, 0.1) is 5.92 Å². The average Bonchev–Trinajstić information content (AvgIpc) is 2.29. The second kappa shape index (κ2) is 5.85. The van der Waals surface area contributed by atoms with Gasteiger partial charge in [0, 0.05) is 12.5 Å². The van der Waals surface area contributed by atoms with Crippen LogP contribution in [0.15, 0.2) is 51.1 Å². The van der Waals surface area contributed by atoms with Crippen LogP contribution in [-0.2, 0) is 9.73 Å². The fourth-order valence-corrected chi connectivity index (χ4v) is 2.73. The third-order valence-corrected chi connectivity index (χ3v) is 4.29. The Morgan fingerprint density at radius 2 is 1.94 bits per heavy atom. The Morgan fingerprint density at radius 1 is 1.31 bits per heavy atom. The van der Waals surface area contributed by atoms with Gasteiger partial charge in [0.1, 0.15) is 0 Å². The summed E-state index contributed by atoms with van der Waals surface area (Å²) < 4.78 is 16.5. The van der Waals surface area contributed by atoms with Gasteiger partial charge in [-0.2, -0.15) is 0 Å². The molecule has 0 aliphatic carbocycles. The summed E-state index contributed by atoms with van der Waals surface area (Å²) in [5.74, 6) is 0.576. The zero-order valence-corrected chi connectivity index (χ0v) is 10.9. The highest BCUT2D eigenvalue weighted by molar-refractivity contribution is 7.96. The molecule has 3 heteroatoms. The zero-order valence-electron chi connectivity index (χ0n) is 10.1. The smallest absolute Gasteiger partial charge is 0.0963 e. The molecule has 0 radical (unpaired) electrons. The lowest BCUT2D eigenvalue weighted by Crippen LogP contribution is -1.96. The van der Waals surface area contributed by atoms with Gasteiger partial charge in [-0.15, -0.1) is 0 Å². The third kappa shape index (κ3) is 3.49. The van der Waals surface area contributed by atoms with E-state index in [1.807, 2.05) is 36.4 Å². The SMILES string of the molecule is CN=[S@@](=O)(/C=C/CC(C)C)c1ccccc1. The van der Waals surface area contributed by atoms with Crippen LogP contribution in [0.3, 0.4) is 0 Å². The van der Waals surface area contributed by atoms with Crippen LogP contribution in [0.2, 0.25) is 0 Å². The molecule has 0 spiro atoms. The molecule has 1 aromatic rings. The van der Waals surface area contributed by atoms with E-state index in [1.54, 1.807) is 12.5 Å². The Morgan fingerprint density at radius 3 is 2.44 bits per heavy atom. The highest BCUT2D eigenvalue weighted by Gasteiger charge is 2.06. The summed E-state index contributed by atoms with van der Waals surface area (Å²) in [5.41, 5.74) is 0. The molecule has 0 heterocycles. The Kier molecular flexibility index (Phi) is 4.74.